The van der Waals surface area contributed by atoms with Gasteiger partial charge in [0.25, 0.3) is 6.71 Å². The Morgan fingerprint density at radius 1 is 0.188 bits per heavy atom. The third kappa shape index (κ3) is 13.5. The lowest BCUT2D eigenvalue weighted by Gasteiger charge is -2.48. The van der Waals surface area contributed by atoms with Crippen LogP contribution in [0.25, 0.3) is 66.8 Å². The monoisotopic (exact) mass is 1710 g/mol. The van der Waals surface area contributed by atoms with Gasteiger partial charge in [0.15, 0.2) is 0 Å². The average Bonchev–Trinajstić information content (AvgIpc) is 0.680. The molecule has 19 aromatic carbocycles. The van der Waals surface area contributed by atoms with Crippen LogP contribution < -0.4 is 36.0 Å². The van der Waals surface area contributed by atoms with Crippen molar-refractivity contribution in [3.05, 3.63) is 522 Å². The number of hydrogen-bond donors (Lipinski definition) is 0. The predicted octanol–water partition coefficient (Wildman–Crippen LogP) is 32.0. The molecule has 0 atom stereocenters. The second-order valence-electron chi connectivity index (χ2n) is 39.4. The molecule has 0 amide bonds. The topological polar surface area (TPSA) is 13.0 Å². The molecule has 0 spiro atoms. The van der Waals surface area contributed by atoms with E-state index in [1.807, 2.05) is 0 Å². The fourth-order valence-electron chi connectivity index (χ4n) is 22.2. The molecule has 19 aromatic rings. The first kappa shape index (κ1) is 81.9. The van der Waals surface area contributed by atoms with Gasteiger partial charge in [0, 0.05) is 56.4 Å². The molecule has 0 N–H and O–H groups in total. The molecule has 0 fully saturated rings. The molecule has 133 heavy (non-hydrogen) atoms. The molecule has 4 aliphatic rings. The minimum Gasteiger partial charge on any atom is -0.310 e. The molecule has 0 bridgehead atoms. The molecule has 0 aliphatic carbocycles. The summed E-state index contributed by atoms with van der Waals surface area (Å²) in [6, 6.07) is 176. The van der Waals surface area contributed by atoms with E-state index in [0.29, 0.717) is 0 Å². The highest BCUT2D eigenvalue weighted by atomic mass is 15.2. The predicted molar refractivity (Wildman–Crippen MR) is 562 cm³/mol. The Kier molecular flexibility index (Phi) is 19.8. The van der Waals surface area contributed by atoms with Crippen molar-refractivity contribution < 1.29 is 0 Å². The smallest absolute Gasteiger partial charge is 0.252 e. The number of benzene rings is 19. The lowest BCUT2D eigenvalue weighted by atomic mass is 9.33. The van der Waals surface area contributed by atoms with Crippen LogP contribution in [0.4, 0.5) is 68.2 Å². The van der Waals surface area contributed by atoms with E-state index in [1.165, 1.54) is 88.7 Å². The van der Waals surface area contributed by atoms with Gasteiger partial charge in [0.2, 0.25) is 0 Å². The highest BCUT2D eigenvalue weighted by Gasteiger charge is 2.52. The van der Waals surface area contributed by atoms with E-state index in [9.17, 15) is 0 Å². The standard InChI is InChI=1S/C128H103BN4/c1-124(2,3)98-78-103(90-46-22-12-23-47-90)122(104(79-98)91-48-24-13-25-49-91)132-117-84-101(130-113-62-38-34-58-107(113)127(94-50-26-14-27-51-94,95-52-28-15-29-53-95)108-59-35-39-63-114(108)130)74-76-111(117)129-112-77-75-102(131-115-64-40-36-60-109(115)128(96-54-30-16-31-55-96,97-56-32-17-33-57-97)110-61-37-41-65-116(110)131)85-118(112)133(120-83-100(126(7,8)9)82-119(132)121(120)129)123-105(92-70-66-88(67-71-92)86-42-18-10-19-43-86)80-99(125(4,5)6)81-106(123)93-72-68-89(69-73-93)87-44-20-11-21-45-87/h10-85H,1-9H3. The van der Waals surface area contributed by atoms with Gasteiger partial charge in [-0.2, -0.15) is 0 Å². The van der Waals surface area contributed by atoms with Crippen molar-refractivity contribution in [1.82, 2.24) is 0 Å². The van der Waals surface area contributed by atoms with E-state index in [4.69, 9.17) is 0 Å². The lowest BCUT2D eigenvalue weighted by molar-refractivity contribution is 0.590. The van der Waals surface area contributed by atoms with Gasteiger partial charge in [-0.3, -0.25) is 0 Å². The van der Waals surface area contributed by atoms with Gasteiger partial charge in [-0.25, -0.2) is 0 Å². The first-order chi connectivity index (χ1) is 64.9. The number of fused-ring (bicyclic) bond motifs is 8. The van der Waals surface area contributed by atoms with Crippen LogP contribution in [0.1, 0.15) is 124 Å². The van der Waals surface area contributed by atoms with Crippen LogP contribution >= 0.6 is 0 Å². The zero-order chi connectivity index (χ0) is 90.1. The van der Waals surface area contributed by atoms with Crippen molar-refractivity contribution in [2.45, 2.75) is 89.4 Å². The van der Waals surface area contributed by atoms with Crippen molar-refractivity contribution in [3.8, 4) is 66.8 Å². The average molecular weight is 1710 g/mol. The molecule has 5 heteroatoms. The van der Waals surface area contributed by atoms with Crippen molar-refractivity contribution in [1.29, 1.82) is 0 Å². The summed E-state index contributed by atoms with van der Waals surface area (Å²) >= 11 is 0. The number of hydrogen-bond acceptors (Lipinski definition) is 4. The van der Waals surface area contributed by atoms with Crippen LogP contribution in [0.15, 0.2) is 461 Å². The molecule has 4 aliphatic heterocycles. The number of anilines is 12. The molecule has 4 nitrogen and oxygen atoms in total. The SMILES string of the molecule is CC(C)(C)c1cc(-c2ccccc2)c(N2c3cc(N4c5ccccc5C(c5ccccc5)(c5ccccc5)c5ccccc54)ccc3B3c4ccc(N5c6ccccc6C(c6ccccc6)(c6ccccc6)c6ccccc65)cc4N(c4c(-c5ccc(-c6ccccc6)cc5)cc(C(C)(C)C)cc4-c4ccc(-c5ccccc5)cc4)c4cc(C(C)(C)C)cc2c43)c(-c2ccccc2)c1. The maximum absolute atomic E-state index is 2.78. The van der Waals surface area contributed by atoms with E-state index < -0.39 is 16.2 Å². The normalized spacial score (nSPS) is 13.8. The van der Waals surface area contributed by atoms with Crippen LogP contribution in [0.2, 0.25) is 0 Å². The number of nitrogens with zero attached hydrogens (tertiary/aromatic N) is 4. The number of para-hydroxylation sites is 4. The molecule has 0 unspecified atom stereocenters. The quantitative estimate of drug-likeness (QED) is 0.101. The zero-order valence-corrected chi connectivity index (χ0v) is 76.7. The minimum atomic E-state index is -0.703. The first-order valence-corrected chi connectivity index (χ1v) is 47.0. The van der Waals surface area contributed by atoms with Crippen LogP contribution in [0.3, 0.4) is 0 Å². The maximum atomic E-state index is 2.78. The summed E-state index contributed by atoms with van der Waals surface area (Å²) in [5.74, 6) is 0. The van der Waals surface area contributed by atoms with Crippen LogP contribution in [0, 0.1) is 0 Å². The summed E-state index contributed by atoms with van der Waals surface area (Å²) in [6.07, 6.45) is 0. The summed E-state index contributed by atoms with van der Waals surface area (Å²) < 4.78 is 0. The van der Waals surface area contributed by atoms with E-state index in [2.05, 4.69) is 543 Å². The van der Waals surface area contributed by atoms with Gasteiger partial charge in [0.1, 0.15) is 0 Å². The molecule has 0 aromatic heterocycles. The van der Waals surface area contributed by atoms with E-state index >= 15 is 0 Å². The minimum absolute atomic E-state index is 0.255. The Balaban J connectivity index is 0.873. The highest BCUT2D eigenvalue weighted by Crippen LogP contribution is 2.63. The van der Waals surface area contributed by atoms with E-state index in [1.54, 1.807) is 0 Å². The zero-order valence-electron chi connectivity index (χ0n) is 76.7. The van der Waals surface area contributed by atoms with Crippen LogP contribution in [0.5, 0.6) is 0 Å². The summed E-state index contributed by atoms with van der Waals surface area (Å²) in [5, 5.41) is 0. The third-order valence-corrected chi connectivity index (χ3v) is 28.6. The molecule has 23 rings (SSSR count). The molecular formula is C128H103BN4. The molecule has 4 heterocycles. The Morgan fingerprint density at radius 3 is 0.692 bits per heavy atom. The molecule has 0 saturated heterocycles. The van der Waals surface area contributed by atoms with Crippen LogP contribution in [-0.2, 0) is 27.1 Å². The van der Waals surface area contributed by atoms with Gasteiger partial charge in [-0.1, -0.05) is 438 Å². The van der Waals surface area contributed by atoms with E-state index in [0.717, 1.165) is 124 Å². The number of rotatable bonds is 14. The Hall–Kier alpha value is -15.6. The second kappa shape index (κ2) is 32.2. The van der Waals surface area contributed by atoms with Crippen molar-refractivity contribution in [2.75, 3.05) is 19.6 Å². The third-order valence-electron chi connectivity index (χ3n) is 28.6. The van der Waals surface area contributed by atoms with Crippen molar-refractivity contribution in [3.63, 3.8) is 0 Å². The Labute approximate surface area is 783 Å². The van der Waals surface area contributed by atoms with Gasteiger partial charge in [-0.15, -0.1) is 0 Å². The lowest BCUT2D eigenvalue weighted by Crippen LogP contribution is -2.61. The summed E-state index contributed by atoms with van der Waals surface area (Å²) in [6.45, 7) is 21.2. The Bertz CT molecular complexity index is 7310. The van der Waals surface area contributed by atoms with Gasteiger partial charge < -0.3 is 19.6 Å². The summed E-state index contributed by atoms with van der Waals surface area (Å²) in [4.78, 5) is 10.7. The van der Waals surface area contributed by atoms with Crippen molar-refractivity contribution in [2.24, 2.45) is 0 Å². The molecular weight excluding hydrogens is 1600 g/mol. The van der Waals surface area contributed by atoms with Crippen LogP contribution in [-0.4, -0.2) is 6.71 Å². The van der Waals surface area contributed by atoms with Gasteiger partial charge in [0.05, 0.1) is 45.0 Å². The summed E-state index contributed by atoms with van der Waals surface area (Å²) in [7, 11) is 0. The second-order valence-corrected chi connectivity index (χ2v) is 39.4. The highest BCUT2D eigenvalue weighted by molar-refractivity contribution is 7.00. The van der Waals surface area contributed by atoms with E-state index in [-0.39, 0.29) is 17.5 Å². The molecule has 638 valence electrons. The molecule has 0 radical (unpaired) electrons. The maximum Gasteiger partial charge on any atom is 0.252 e. The summed E-state index contributed by atoms with van der Waals surface area (Å²) in [5.41, 5.74) is 41.4. The Morgan fingerprint density at radius 2 is 0.414 bits per heavy atom. The molecule has 0 saturated carbocycles. The van der Waals surface area contributed by atoms with Gasteiger partial charge >= 0.3 is 0 Å². The largest absolute Gasteiger partial charge is 0.310 e. The van der Waals surface area contributed by atoms with Gasteiger partial charge in [-0.05, 0) is 223 Å². The fourth-order valence-corrected chi connectivity index (χ4v) is 22.2. The van der Waals surface area contributed by atoms with Crippen molar-refractivity contribution >= 4 is 91.3 Å². The fraction of sp³-hybridized carbons (Fsp3) is 0.109. The first-order valence-electron chi connectivity index (χ1n) is 47.0.